The first-order valence-corrected chi connectivity index (χ1v) is 9.70. The van der Waals surface area contributed by atoms with Crippen molar-refractivity contribution in [2.24, 2.45) is 0 Å². The van der Waals surface area contributed by atoms with Gasteiger partial charge in [0.2, 0.25) is 0 Å². The summed E-state index contributed by atoms with van der Waals surface area (Å²) in [4.78, 5) is 26.5. The molecule has 0 aliphatic carbocycles. The van der Waals surface area contributed by atoms with E-state index in [9.17, 15) is 9.59 Å². The third kappa shape index (κ3) is 6.19. The standard InChI is InChI=1S/C23H26N2O4/c1-17-4-3-5-19(16-17)6-11-22(26)29-18(2)23(27)24-20-7-9-21(10-8-20)25-12-14-28-15-13-25/h3-11,16,18H,12-15H2,1-2H3,(H,24,27)/b11-6+/t18-/m1/s1. The van der Waals surface area contributed by atoms with E-state index in [1.807, 2.05) is 55.5 Å². The molecule has 0 saturated carbocycles. The molecule has 0 radical (unpaired) electrons. The summed E-state index contributed by atoms with van der Waals surface area (Å²) in [7, 11) is 0. The van der Waals surface area contributed by atoms with Crippen molar-refractivity contribution in [3.8, 4) is 0 Å². The van der Waals surface area contributed by atoms with Crippen LogP contribution in [-0.4, -0.2) is 44.3 Å². The van der Waals surface area contributed by atoms with Gasteiger partial charge < -0.3 is 19.7 Å². The zero-order chi connectivity index (χ0) is 20.6. The van der Waals surface area contributed by atoms with Crippen LogP contribution < -0.4 is 10.2 Å². The van der Waals surface area contributed by atoms with Crippen molar-refractivity contribution in [3.05, 3.63) is 65.7 Å². The summed E-state index contributed by atoms with van der Waals surface area (Å²) >= 11 is 0. The second kappa shape index (κ2) is 9.89. The number of esters is 1. The Morgan fingerprint density at radius 1 is 1.14 bits per heavy atom. The fourth-order valence-electron chi connectivity index (χ4n) is 3.03. The SMILES string of the molecule is Cc1cccc(/C=C/C(=O)O[C@H](C)C(=O)Nc2ccc(N3CCOCC3)cc2)c1. The third-order valence-electron chi connectivity index (χ3n) is 4.63. The zero-order valence-corrected chi connectivity index (χ0v) is 16.8. The smallest absolute Gasteiger partial charge is 0.331 e. The van der Waals surface area contributed by atoms with Crippen LogP contribution in [0.25, 0.3) is 6.08 Å². The zero-order valence-electron chi connectivity index (χ0n) is 16.8. The van der Waals surface area contributed by atoms with Crippen molar-refractivity contribution in [2.45, 2.75) is 20.0 Å². The van der Waals surface area contributed by atoms with Gasteiger partial charge >= 0.3 is 5.97 Å². The summed E-state index contributed by atoms with van der Waals surface area (Å²) in [5.74, 6) is -0.932. The van der Waals surface area contributed by atoms with Crippen molar-refractivity contribution in [1.82, 2.24) is 0 Å². The molecule has 1 heterocycles. The minimum atomic E-state index is -0.899. The van der Waals surface area contributed by atoms with E-state index in [-0.39, 0.29) is 5.91 Å². The molecular formula is C23H26N2O4. The van der Waals surface area contributed by atoms with Crippen LogP contribution in [0.4, 0.5) is 11.4 Å². The van der Waals surface area contributed by atoms with Gasteiger partial charge in [-0.05, 0) is 49.8 Å². The van der Waals surface area contributed by atoms with Crippen molar-refractivity contribution >= 4 is 29.3 Å². The summed E-state index contributed by atoms with van der Waals surface area (Å²) in [6.07, 6.45) is 2.10. The van der Waals surface area contributed by atoms with Gasteiger partial charge in [-0.3, -0.25) is 4.79 Å². The van der Waals surface area contributed by atoms with Gasteiger partial charge in [0.05, 0.1) is 13.2 Å². The summed E-state index contributed by atoms with van der Waals surface area (Å²) in [5, 5.41) is 2.77. The van der Waals surface area contributed by atoms with E-state index in [2.05, 4.69) is 10.2 Å². The Hall–Kier alpha value is -3.12. The number of nitrogens with one attached hydrogen (secondary N) is 1. The number of anilines is 2. The van der Waals surface area contributed by atoms with Crippen molar-refractivity contribution in [1.29, 1.82) is 0 Å². The van der Waals surface area contributed by atoms with Gasteiger partial charge in [-0.1, -0.05) is 29.8 Å². The highest BCUT2D eigenvalue weighted by Gasteiger charge is 2.17. The van der Waals surface area contributed by atoms with Gasteiger partial charge in [0.25, 0.3) is 5.91 Å². The Bertz CT molecular complexity index is 871. The van der Waals surface area contributed by atoms with Crippen LogP contribution in [0.1, 0.15) is 18.1 Å². The quantitative estimate of drug-likeness (QED) is 0.601. The fraction of sp³-hybridized carbons (Fsp3) is 0.304. The number of hydrogen-bond donors (Lipinski definition) is 1. The van der Waals surface area contributed by atoms with Crippen molar-refractivity contribution < 1.29 is 19.1 Å². The van der Waals surface area contributed by atoms with E-state index in [4.69, 9.17) is 9.47 Å². The number of hydrogen-bond acceptors (Lipinski definition) is 5. The lowest BCUT2D eigenvalue weighted by Gasteiger charge is -2.28. The molecule has 1 aliphatic rings. The molecule has 6 heteroatoms. The fourth-order valence-corrected chi connectivity index (χ4v) is 3.03. The highest BCUT2D eigenvalue weighted by molar-refractivity contribution is 5.96. The first kappa shape index (κ1) is 20.6. The van der Waals surface area contributed by atoms with Crippen LogP contribution >= 0.6 is 0 Å². The predicted octanol–water partition coefficient (Wildman–Crippen LogP) is 3.42. The average molecular weight is 394 g/mol. The maximum Gasteiger partial charge on any atom is 0.331 e. The lowest BCUT2D eigenvalue weighted by Crippen LogP contribution is -2.36. The van der Waals surface area contributed by atoms with Gasteiger partial charge in [0.1, 0.15) is 0 Å². The van der Waals surface area contributed by atoms with E-state index >= 15 is 0 Å². The number of ether oxygens (including phenoxy) is 2. The summed E-state index contributed by atoms with van der Waals surface area (Å²) in [5.41, 5.74) is 3.75. The van der Waals surface area contributed by atoms with Gasteiger partial charge in [0.15, 0.2) is 6.10 Å². The second-order valence-corrected chi connectivity index (χ2v) is 6.96. The van der Waals surface area contributed by atoms with E-state index in [1.54, 1.807) is 13.0 Å². The average Bonchev–Trinajstić information content (AvgIpc) is 2.73. The Labute approximate surface area is 171 Å². The largest absolute Gasteiger partial charge is 0.449 e. The molecular weight excluding hydrogens is 368 g/mol. The molecule has 1 aliphatic heterocycles. The summed E-state index contributed by atoms with van der Waals surface area (Å²) in [6.45, 7) is 6.69. The Morgan fingerprint density at radius 3 is 2.55 bits per heavy atom. The predicted molar refractivity (Wildman–Crippen MR) is 114 cm³/mol. The van der Waals surface area contributed by atoms with Crippen molar-refractivity contribution in [2.75, 3.05) is 36.5 Å². The van der Waals surface area contributed by atoms with E-state index in [1.165, 1.54) is 6.08 Å². The number of benzene rings is 2. The van der Waals surface area contributed by atoms with Gasteiger partial charge in [-0.2, -0.15) is 0 Å². The van der Waals surface area contributed by atoms with E-state index in [0.717, 1.165) is 43.1 Å². The van der Waals surface area contributed by atoms with Crippen molar-refractivity contribution in [3.63, 3.8) is 0 Å². The monoisotopic (exact) mass is 394 g/mol. The second-order valence-electron chi connectivity index (χ2n) is 6.96. The first-order chi connectivity index (χ1) is 14.0. The number of amides is 1. The molecule has 0 unspecified atom stereocenters. The topological polar surface area (TPSA) is 67.9 Å². The number of nitrogens with zero attached hydrogens (tertiary/aromatic N) is 1. The molecule has 1 saturated heterocycles. The Morgan fingerprint density at radius 2 is 1.86 bits per heavy atom. The number of morpholine rings is 1. The molecule has 152 valence electrons. The molecule has 0 bridgehead atoms. The summed E-state index contributed by atoms with van der Waals surface area (Å²) < 4.78 is 10.6. The molecule has 1 amide bonds. The number of carbonyl (C=O) groups excluding carboxylic acids is 2. The summed E-state index contributed by atoms with van der Waals surface area (Å²) in [6, 6.07) is 15.4. The van der Waals surface area contributed by atoms with Crippen LogP contribution in [0.15, 0.2) is 54.6 Å². The number of carbonyl (C=O) groups is 2. The Balaban J connectivity index is 1.50. The first-order valence-electron chi connectivity index (χ1n) is 9.70. The van der Waals surface area contributed by atoms with Crippen LogP contribution in [0.5, 0.6) is 0 Å². The molecule has 1 atom stereocenters. The Kier molecular flexibility index (Phi) is 7.03. The van der Waals surface area contributed by atoms with Crippen LogP contribution in [0.2, 0.25) is 0 Å². The highest BCUT2D eigenvalue weighted by Crippen LogP contribution is 2.19. The molecule has 2 aromatic carbocycles. The van der Waals surface area contributed by atoms with E-state index in [0.29, 0.717) is 5.69 Å². The number of aryl methyl sites for hydroxylation is 1. The lowest BCUT2D eigenvalue weighted by molar-refractivity contribution is -0.148. The van der Waals surface area contributed by atoms with Crippen LogP contribution in [0, 0.1) is 6.92 Å². The van der Waals surface area contributed by atoms with Crippen LogP contribution in [-0.2, 0) is 19.1 Å². The maximum atomic E-state index is 12.3. The minimum Gasteiger partial charge on any atom is -0.449 e. The lowest BCUT2D eigenvalue weighted by atomic mass is 10.1. The van der Waals surface area contributed by atoms with Gasteiger partial charge in [0, 0.05) is 30.5 Å². The maximum absolute atomic E-state index is 12.3. The molecule has 6 nitrogen and oxygen atoms in total. The highest BCUT2D eigenvalue weighted by atomic mass is 16.5. The van der Waals surface area contributed by atoms with Crippen LogP contribution in [0.3, 0.4) is 0 Å². The van der Waals surface area contributed by atoms with Gasteiger partial charge in [-0.25, -0.2) is 4.79 Å². The number of rotatable bonds is 6. The molecule has 29 heavy (non-hydrogen) atoms. The third-order valence-corrected chi connectivity index (χ3v) is 4.63. The molecule has 3 rings (SSSR count). The van der Waals surface area contributed by atoms with E-state index < -0.39 is 12.1 Å². The minimum absolute atomic E-state index is 0.374. The molecule has 1 fully saturated rings. The molecule has 0 aromatic heterocycles. The normalized spacial score (nSPS) is 15.2. The van der Waals surface area contributed by atoms with Gasteiger partial charge in [-0.15, -0.1) is 0 Å². The molecule has 1 N–H and O–H groups in total. The molecule has 0 spiro atoms. The molecule has 2 aromatic rings.